The highest BCUT2D eigenvalue weighted by molar-refractivity contribution is 7.13. The number of carbonyl (C=O) groups is 1. The minimum atomic E-state index is 0.187. The van der Waals surface area contributed by atoms with Gasteiger partial charge in [-0.15, -0.1) is 11.3 Å². The van der Waals surface area contributed by atoms with E-state index in [0.717, 1.165) is 31.3 Å². The van der Waals surface area contributed by atoms with E-state index in [0.29, 0.717) is 5.92 Å². The van der Waals surface area contributed by atoms with Crippen molar-refractivity contribution in [3.8, 4) is 0 Å². The first-order chi connectivity index (χ1) is 9.74. The Morgan fingerprint density at radius 1 is 1.20 bits per heavy atom. The van der Waals surface area contributed by atoms with Crippen molar-refractivity contribution in [1.29, 1.82) is 0 Å². The van der Waals surface area contributed by atoms with Crippen LogP contribution in [-0.4, -0.2) is 42.0 Å². The van der Waals surface area contributed by atoms with E-state index >= 15 is 0 Å². The molecule has 5 heteroatoms. The molecule has 1 aromatic rings. The lowest BCUT2D eigenvalue weighted by Crippen LogP contribution is -2.48. The molecule has 1 amide bonds. The van der Waals surface area contributed by atoms with Gasteiger partial charge in [0, 0.05) is 44.4 Å². The van der Waals surface area contributed by atoms with Gasteiger partial charge in [-0.3, -0.25) is 4.79 Å². The summed E-state index contributed by atoms with van der Waals surface area (Å²) in [7, 11) is 0. The van der Waals surface area contributed by atoms with Crippen LogP contribution in [0.15, 0.2) is 5.38 Å². The van der Waals surface area contributed by atoms with Crippen LogP contribution in [0.5, 0.6) is 0 Å². The summed E-state index contributed by atoms with van der Waals surface area (Å²) in [6.07, 6.45) is 6.71. The molecule has 1 aliphatic carbocycles. The molecule has 3 rings (SSSR count). The van der Waals surface area contributed by atoms with E-state index in [-0.39, 0.29) is 5.91 Å². The van der Waals surface area contributed by atoms with Gasteiger partial charge in [-0.25, -0.2) is 4.98 Å². The maximum Gasteiger partial charge on any atom is 0.219 e. The van der Waals surface area contributed by atoms with Crippen LogP contribution in [-0.2, 0) is 4.79 Å². The van der Waals surface area contributed by atoms with Gasteiger partial charge in [-0.1, -0.05) is 19.3 Å². The molecule has 0 N–H and O–H groups in total. The van der Waals surface area contributed by atoms with Gasteiger partial charge in [0.05, 0.1) is 5.69 Å². The molecule has 20 heavy (non-hydrogen) atoms. The molecule has 4 nitrogen and oxygen atoms in total. The minimum absolute atomic E-state index is 0.187. The fourth-order valence-corrected chi connectivity index (χ4v) is 4.18. The van der Waals surface area contributed by atoms with E-state index in [1.807, 2.05) is 4.90 Å². The van der Waals surface area contributed by atoms with Crippen LogP contribution < -0.4 is 4.90 Å². The van der Waals surface area contributed by atoms with Crippen LogP contribution >= 0.6 is 11.3 Å². The van der Waals surface area contributed by atoms with Gasteiger partial charge in [0.25, 0.3) is 0 Å². The maximum atomic E-state index is 11.3. The lowest BCUT2D eigenvalue weighted by Gasteiger charge is -2.34. The van der Waals surface area contributed by atoms with Gasteiger partial charge in [0.15, 0.2) is 5.13 Å². The Bertz CT molecular complexity index is 459. The van der Waals surface area contributed by atoms with Gasteiger partial charge in [-0.2, -0.15) is 0 Å². The van der Waals surface area contributed by atoms with Crippen molar-refractivity contribution in [2.24, 2.45) is 0 Å². The summed E-state index contributed by atoms with van der Waals surface area (Å²) in [5.41, 5.74) is 1.30. The highest BCUT2D eigenvalue weighted by Crippen LogP contribution is 2.35. The Morgan fingerprint density at radius 3 is 2.55 bits per heavy atom. The van der Waals surface area contributed by atoms with Crippen LogP contribution in [0, 0.1) is 0 Å². The average Bonchev–Trinajstić information content (AvgIpc) is 2.98. The predicted octanol–water partition coefficient (Wildman–Crippen LogP) is 2.86. The van der Waals surface area contributed by atoms with Crippen molar-refractivity contribution in [3.63, 3.8) is 0 Å². The highest BCUT2D eigenvalue weighted by Gasteiger charge is 2.23. The number of amides is 1. The SMILES string of the molecule is CC(=O)N1CCN(c2nc(C3CCCCC3)cs2)CC1. The minimum Gasteiger partial charge on any atom is -0.345 e. The van der Waals surface area contributed by atoms with Crippen molar-refractivity contribution in [2.75, 3.05) is 31.1 Å². The van der Waals surface area contributed by atoms with Crippen LogP contribution in [0.4, 0.5) is 5.13 Å². The normalized spacial score (nSPS) is 21.2. The number of anilines is 1. The van der Waals surface area contributed by atoms with Crippen LogP contribution in [0.25, 0.3) is 0 Å². The lowest BCUT2D eigenvalue weighted by molar-refractivity contribution is -0.129. The average molecular weight is 293 g/mol. The fraction of sp³-hybridized carbons (Fsp3) is 0.733. The quantitative estimate of drug-likeness (QED) is 0.841. The number of carbonyl (C=O) groups excluding carboxylic acids is 1. The molecule has 1 aliphatic heterocycles. The zero-order chi connectivity index (χ0) is 13.9. The molecule has 1 saturated heterocycles. The molecule has 0 bridgehead atoms. The second-order valence-corrected chi connectivity index (χ2v) is 6.72. The van der Waals surface area contributed by atoms with E-state index in [9.17, 15) is 4.79 Å². The smallest absolute Gasteiger partial charge is 0.219 e. The van der Waals surface area contributed by atoms with E-state index in [1.54, 1.807) is 18.3 Å². The summed E-state index contributed by atoms with van der Waals surface area (Å²) >= 11 is 1.77. The largest absolute Gasteiger partial charge is 0.345 e. The number of piperazine rings is 1. The van der Waals surface area contributed by atoms with Crippen molar-refractivity contribution in [2.45, 2.75) is 44.9 Å². The summed E-state index contributed by atoms with van der Waals surface area (Å²) in [4.78, 5) is 20.5. The molecular formula is C15H23N3OS. The fourth-order valence-electron chi connectivity index (χ4n) is 3.22. The van der Waals surface area contributed by atoms with Gasteiger partial charge in [0.2, 0.25) is 5.91 Å². The van der Waals surface area contributed by atoms with Gasteiger partial charge < -0.3 is 9.80 Å². The van der Waals surface area contributed by atoms with Gasteiger partial charge in [-0.05, 0) is 12.8 Å². The first kappa shape index (κ1) is 13.9. The van der Waals surface area contributed by atoms with Gasteiger partial charge >= 0.3 is 0 Å². The molecule has 2 aliphatic rings. The Morgan fingerprint density at radius 2 is 1.90 bits per heavy atom. The number of rotatable bonds is 2. The molecule has 1 saturated carbocycles. The third kappa shape index (κ3) is 2.97. The first-order valence-electron chi connectivity index (χ1n) is 7.70. The summed E-state index contributed by atoms with van der Waals surface area (Å²) in [5.74, 6) is 0.874. The van der Waals surface area contributed by atoms with E-state index in [4.69, 9.17) is 4.98 Å². The van der Waals surface area contributed by atoms with E-state index in [1.165, 1.54) is 37.8 Å². The van der Waals surface area contributed by atoms with E-state index < -0.39 is 0 Å². The summed E-state index contributed by atoms with van der Waals surface area (Å²) in [6, 6.07) is 0. The second-order valence-electron chi connectivity index (χ2n) is 5.88. The summed E-state index contributed by atoms with van der Waals surface area (Å²) in [5, 5.41) is 3.40. The first-order valence-corrected chi connectivity index (χ1v) is 8.58. The standard InChI is InChI=1S/C15H23N3OS/c1-12(19)17-7-9-18(10-8-17)15-16-14(11-20-15)13-5-3-2-4-6-13/h11,13H,2-10H2,1H3. The molecular weight excluding hydrogens is 270 g/mol. The molecule has 0 atom stereocenters. The van der Waals surface area contributed by atoms with Crippen LogP contribution in [0.2, 0.25) is 0 Å². The zero-order valence-corrected chi connectivity index (χ0v) is 13.0. The lowest BCUT2D eigenvalue weighted by atomic mass is 9.87. The van der Waals surface area contributed by atoms with Crippen molar-refractivity contribution >= 4 is 22.4 Å². The maximum absolute atomic E-state index is 11.3. The Labute approximate surface area is 124 Å². The number of hydrogen-bond acceptors (Lipinski definition) is 4. The predicted molar refractivity (Wildman–Crippen MR) is 82.4 cm³/mol. The van der Waals surface area contributed by atoms with E-state index in [2.05, 4.69) is 10.3 Å². The Hall–Kier alpha value is -1.10. The Balaban J connectivity index is 1.61. The Kier molecular flexibility index (Phi) is 4.24. The van der Waals surface area contributed by atoms with Crippen molar-refractivity contribution < 1.29 is 4.79 Å². The zero-order valence-electron chi connectivity index (χ0n) is 12.2. The van der Waals surface area contributed by atoms with Crippen LogP contribution in [0.1, 0.15) is 50.6 Å². The molecule has 0 aromatic carbocycles. The summed E-state index contributed by atoms with van der Waals surface area (Å²) < 4.78 is 0. The van der Waals surface area contributed by atoms with Gasteiger partial charge in [0.1, 0.15) is 0 Å². The van der Waals surface area contributed by atoms with Crippen molar-refractivity contribution in [1.82, 2.24) is 9.88 Å². The summed E-state index contributed by atoms with van der Waals surface area (Å²) in [6.45, 7) is 5.13. The highest BCUT2D eigenvalue weighted by atomic mass is 32.1. The molecule has 1 aromatic heterocycles. The molecule has 0 spiro atoms. The van der Waals surface area contributed by atoms with Crippen LogP contribution in [0.3, 0.4) is 0 Å². The number of thiazole rings is 1. The number of hydrogen-bond donors (Lipinski definition) is 0. The second kappa shape index (κ2) is 6.12. The third-order valence-corrected chi connectivity index (χ3v) is 5.45. The molecule has 2 fully saturated rings. The topological polar surface area (TPSA) is 36.4 Å². The number of nitrogens with zero attached hydrogens (tertiary/aromatic N) is 3. The number of aromatic nitrogens is 1. The molecule has 110 valence electrons. The third-order valence-electron chi connectivity index (χ3n) is 4.53. The van der Waals surface area contributed by atoms with Crippen molar-refractivity contribution in [3.05, 3.63) is 11.1 Å². The molecule has 0 unspecified atom stereocenters. The molecule has 0 radical (unpaired) electrons. The molecule has 2 heterocycles. The monoisotopic (exact) mass is 293 g/mol.